The van der Waals surface area contributed by atoms with Gasteiger partial charge in [0.05, 0.1) is 12.6 Å². The molecule has 35 heavy (non-hydrogen) atoms. The van der Waals surface area contributed by atoms with Gasteiger partial charge in [-0.2, -0.15) is 8.78 Å². The molecule has 3 amide bonds. The normalized spacial score (nSPS) is 17.3. The minimum absolute atomic E-state index is 0.0423. The number of halogens is 2. The molecule has 1 aliphatic carbocycles. The summed E-state index contributed by atoms with van der Waals surface area (Å²) in [6.07, 6.45) is 3.17. The molecule has 1 saturated carbocycles. The third-order valence-corrected chi connectivity index (χ3v) is 6.00. The van der Waals surface area contributed by atoms with Gasteiger partial charge >= 0.3 is 12.6 Å². The minimum atomic E-state index is -3.00. The lowest BCUT2D eigenvalue weighted by Crippen LogP contribution is -2.48. The fraction of sp³-hybridized carbons (Fsp3) is 0.522. The highest BCUT2D eigenvalue weighted by Gasteiger charge is 2.28. The number of urea groups is 1. The van der Waals surface area contributed by atoms with Crippen LogP contribution in [0.3, 0.4) is 0 Å². The van der Waals surface area contributed by atoms with Gasteiger partial charge in [-0.25, -0.2) is 9.78 Å². The maximum Gasteiger partial charge on any atom is 0.387 e. The van der Waals surface area contributed by atoms with Crippen LogP contribution in [-0.2, 0) is 0 Å². The molecule has 10 nitrogen and oxygen atoms in total. The Hall–Kier alpha value is -3.41. The van der Waals surface area contributed by atoms with E-state index in [-0.39, 0.29) is 34.9 Å². The van der Waals surface area contributed by atoms with Gasteiger partial charge in [-0.15, -0.1) is 0 Å². The zero-order valence-corrected chi connectivity index (χ0v) is 19.3. The number of nitrogens with zero attached hydrogens (tertiary/aromatic N) is 2. The number of nitrogens with one attached hydrogen (secondary N) is 1. The summed E-state index contributed by atoms with van der Waals surface area (Å²) in [4.78, 5) is 30.2. The molecule has 2 heterocycles. The van der Waals surface area contributed by atoms with E-state index in [4.69, 9.17) is 20.6 Å². The number of ether oxygens (including phenoxy) is 2. The van der Waals surface area contributed by atoms with Crippen LogP contribution in [0, 0.1) is 5.92 Å². The predicted molar refractivity (Wildman–Crippen MR) is 121 cm³/mol. The first-order valence-corrected chi connectivity index (χ1v) is 11.5. The van der Waals surface area contributed by atoms with Crippen molar-refractivity contribution in [3.63, 3.8) is 0 Å². The van der Waals surface area contributed by atoms with Crippen molar-refractivity contribution in [3.05, 3.63) is 29.7 Å². The Morgan fingerprint density at radius 1 is 1.23 bits per heavy atom. The van der Waals surface area contributed by atoms with Gasteiger partial charge in [0.2, 0.25) is 5.89 Å². The van der Waals surface area contributed by atoms with Crippen LogP contribution < -0.4 is 26.3 Å². The van der Waals surface area contributed by atoms with Gasteiger partial charge in [0.25, 0.3) is 5.91 Å². The summed E-state index contributed by atoms with van der Waals surface area (Å²) in [6.45, 7) is -0.0545. The minimum Gasteiger partial charge on any atom is -0.489 e. The van der Waals surface area contributed by atoms with Crippen molar-refractivity contribution in [3.8, 4) is 23.0 Å². The van der Waals surface area contributed by atoms with Crippen molar-refractivity contribution >= 4 is 11.9 Å². The molecular weight excluding hydrogens is 464 g/mol. The summed E-state index contributed by atoms with van der Waals surface area (Å²) in [7, 11) is 0. The molecule has 190 valence electrons. The molecule has 2 aliphatic rings. The molecule has 0 unspecified atom stereocenters. The SMILES string of the molecule is C[C@H](N)c1oc(-c2ccc(OC(F)F)c(OCC3CC3)c2)nc1C(=O)NC1CCN(C(N)=O)CC1. The molecule has 0 bridgehead atoms. The Kier molecular flexibility index (Phi) is 7.39. The number of piperidine rings is 1. The van der Waals surface area contributed by atoms with Crippen molar-refractivity contribution in [2.45, 2.75) is 51.3 Å². The van der Waals surface area contributed by atoms with Crippen molar-refractivity contribution < 1.29 is 32.3 Å². The monoisotopic (exact) mass is 493 g/mol. The average Bonchev–Trinajstić information content (AvgIpc) is 3.53. The number of hydrogen-bond donors (Lipinski definition) is 3. The van der Waals surface area contributed by atoms with Crippen molar-refractivity contribution in [1.82, 2.24) is 15.2 Å². The smallest absolute Gasteiger partial charge is 0.387 e. The molecule has 1 atom stereocenters. The molecule has 5 N–H and O–H groups in total. The third kappa shape index (κ3) is 6.18. The summed E-state index contributed by atoms with van der Waals surface area (Å²) >= 11 is 0. The molecule has 4 rings (SSSR count). The average molecular weight is 494 g/mol. The van der Waals surface area contributed by atoms with E-state index in [1.807, 2.05) is 0 Å². The van der Waals surface area contributed by atoms with Gasteiger partial charge < -0.3 is 35.6 Å². The van der Waals surface area contributed by atoms with Gasteiger partial charge in [0.1, 0.15) is 0 Å². The number of primary amides is 1. The second-order valence-corrected chi connectivity index (χ2v) is 8.89. The predicted octanol–water partition coefficient (Wildman–Crippen LogP) is 3.02. The van der Waals surface area contributed by atoms with Crippen LogP contribution in [0.5, 0.6) is 11.5 Å². The van der Waals surface area contributed by atoms with Gasteiger partial charge in [-0.1, -0.05) is 0 Å². The lowest BCUT2D eigenvalue weighted by Gasteiger charge is -2.31. The first kappa shape index (κ1) is 24.7. The number of rotatable bonds is 9. The number of carbonyl (C=O) groups is 2. The lowest BCUT2D eigenvalue weighted by molar-refractivity contribution is -0.0515. The molecule has 1 aromatic heterocycles. The molecule has 12 heteroatoms. The van der Waals surface area contributed by atoms with Gasteiger partial charge in [0.15, 0.2) is 23.0 Å². The molecule has 1 saturated heterocycles. The highest BCUT2D eigenvalue weighted by Crippen LogP contribution is 2.37. The van der Waals surface area contributed by atoms with Crippen LogP contribution in [0.4, 0.5) is 13.6 Å². The Labute approximate surface area is 200 Å². The maximum atomic E-state index is 13.0. The van der Waals surface area contributed by atoms with Gasteiger partial charge in [0, 0.05) is 24.7 Å². The number of alkyl halides is 2. The second kappa shape index (κ2) is 10.5. The Bertz CT molecular complexity index is 1060. The highest BCUT2D eigenvalue weighted by atomic mass is 19.3. The van der Waals surface area contributed by atoms with E-state index in [0.717, 1.165) is 12.8 Å². The van der Waals surface area contributed by atoms with E-state index < -0.39 is 24.6 Å². The van der Waals surface area contributed by atoms with E-state index in [0.29, 0.717) is 44.0 Å². The number of oxazole rings is 1. The zero-order chi connectivity index (χ0) is 25.1. The van der Waals surface area contributed by atoms with Gasteiger partial charge in [-0.3, -0.25) is 4.79 Å². The standard InChI is InChI=1S/C23H29F2N5O5/c1-12(26)19-18(20(31)28-15-6-8-30(9-7-15)23(27)32)29-21(35-19)14-4-5-16(34-22(24)25)17(10-14)33-11-13-2-3-13/h4-5,10,12-13,15,22H,2-3,6-9,11,26H2,1H3,(H2,27,32)(H,28,31)/t12-/m0/s1. The van der Waals surface area contributed by atoms with E-state index >= 15 is 0 Å². The van der Waals surface area contributed by atoms with E-state index in [2.05, 4.69) is 15.0 Å². The highest BCUT2D eigenvalue weighted by molar-refractivity contribution is 5.94. The summed E-state index contributed by atoms with van der Waals surface area (Å²) in [5.41, 5.74) is 11.8. The molecule has 0 radical (unpaired) electrons. The number of likely N-dealkylation sites (tertiary alicyclic amines) is 1. The first-order chi connectivity index (χ1) is 16.7. The van der Waals surface area contributed by atoms with E-state index in [9.17, 15) is 18.4 Å². The van der Waals surface area contributed by atoms with Crippen LogP contribution in [-0.4, -0.2) is 54.2 Å². The molecule has 1 aromatic carbocycles. The number of nitrogens with two attached hydrogens (primary N) is 2. The van der Waals surface area contributed by atoms with Crippen molar-refractivity contribution in [2.75, 3.05) is 19.7 Å². The Morgan fingerprint density at radius 2 is 1.94 bits per heavy atom. The maximum absolute atomic E-state index is 13.0. The summed E-state index contributed by atoms with van der Waals surface area (Å²) < 4.78 is 41.8. The number of hydrogen-bond acceptors (Lipinski definition) is 7. The van der Waals surface area contributed by atoms with Crippen LogP contribution in [0.1, 0.15) is 54.9 Å². The summed E-state index contributed by atoms with van der Waals surface area (Å²) in [5, 5.41) is 2.91. The van der Waals surface area contributed by atoms with Crippen LogP contribution >= 0.6 is 0 Å². The summed E-state index contributed by atoms with van der Waals surface area (Å²) in [6, 6.07) is 3.08. The fourth-order valence-electron chi connectivity index (χ4n) is 3.86. The third-order valence-electron chi connectivity index (χ3n) is 6.00. The quantitative estimate of drug-likeness (QED) is 0.487. The lowest BCUT2D eigenvalue weighted by atomic mass is 10.0. The van der Waals surface area contributed by atoms with Crippen molar-refractivity contribution in [2.24, 2.45) is 17.4 Å². The van der Waals surface area contributed by atoms with Crippen LogP contribution in [0.15, 0.2) is 22.6 Å². The Morgan fingerprint density at radius 3 is 2.54 bits per heavy atom. The second-order valence-electron chi connectivity index (χ2n) is 8.89. The van der Waals surface area contributed by atoms with Crippen molar-refractivity contribution in [1.29, 1.82) is 0 Å². The van der Waals surface area contributed by atoms with Crippen LogP contribution in [0.25, 0.3) is 11.5 Å². The molecule has 2 aromatic rings. The fourth-order valence-corrected chi connectivity index (χ4v) is 3.86. The zero-order valence-electron chi connectivity index (χ0n) is 19.3. The first-order valence-electron chi connectivity index (χ1n) is 11.5. The molecule has 1 aliphatic heterocycles. The summed E-state index contributed by atoms with van der Waals surface area (Å²) in [5.74, 6) is 0.291. The van der Waals surface area contributed by atoms with Gasteiger partial charge in [-0.05, 0) is 56.7 Å². The molecular formula is C23H29F2N5O5. The topological polar surface area (TPSA) is 146 Å². The Balaban J connectivity index is 1.54. The molecule has 0 spiro atoms. The van der Waals surface area contributed by atoms with Crippen LogP contribution in [0.2, 0.25) is 0 Å². The number of amides is 3. The number of carbonyl (C=O) groups excluding carboxylic acids is 2. The van der Waals surface area contributed by atoms with E-state index in [1.165, 1.54) is 23.1 Å². The number of benzene rings is 1. The largest absolute Gasteiger partial charge is 0.489 e. The number of aromatic nitrogens is 1. The van der Waals surface area contributed by atoms with E-state index in [1.54, 1.807) is 6.92 Å². The molecule has 2 fully saturated rings.